The van der Waals surface area contributed by atoms with E-state index in [9.17, 15) is 86.8 Å². The lowest BCUT2D eigenvalue weighted by atomic mass is 9.86. The van der Waals surface area contributed by atoms with Gasteiger partial charge in [0, 0.05) is 134 Å². The minimum Gasteiger partial charge on any atom is -0.463 e. The lowest BCUT2D eigenvalue weighted by Crippen LogP contribution is -2.66. The zero-order chi connectivity index (χ0) is 95.3. The van der Waals surface area contributed by atoms with Crippen LogP contribution in [0.3, 0.4) is 0 Å². The van der Waals surface area contributed by atoms with Crippen LogP contribution in [0, 0.1) is 17.2 Å². The van der Waals surface area contributed by atoms with Crippen molar-refractivity contribution in [2.75, 3.05) is 106 Å². The van der Waals surface area contributed by atoms with Gasteiger partial charge in [0.1, 0.15) is 68.3 Å². The molecule has 3 heterocycles. The Morgan fingerprint density at radius 3 is 1.05 bits per heavy atom. The number of rotatable bonds is 55. The fourth-order valence-corrected chi connectivity index (χ4v) is 15.6. The van der Waals surface area contributed by atoms with Crippen molar-refractivity contribution in [3.63, 3.8) is 0 Å². The number of amides is 8. The Morgan fingerprint density at radius 1 is 0.398 bits per heavy atom. The normalized spacial score (nSPS) is 24.4. The molecule has 724 valence electrons. The van der Waals surface area contributed by atoms with Crippen LogP contribution in [0.1, 0.15) is 169 Å². The van der Waals surface area contributed by atoms with Crippen molar-refractivity contribution in [1.82, 2.24) is 47.2 Å². The third-order valence-electron chi connectivity index (χ3n) is 19.0. The predicted octanol–water partition coefficient (Wildman–Crippen LogP) is -1.22. The van der Waals surface area contributed by atoms with Gasteiger partial charge in [-0.15, -0.1) is 0 Å². The molecule has 0 spiro atoms. The average molecular weight is 1850 g/mol. The van der Waals surface area contributed by atoms with Gasteiger partial charge in [0.05, 0.1) is 84.7 Å². The van der Waals surface area contributed by atoms with Crippen LogP contribution in [0.2, 0.25) is 0 Å². The van der Waals surface area contributed by atoms with Gasteiger partial charge in [-0.3, -0.25) is 81.5 Å². The van der Waals surface area contributed by atoms with Gasteiger partial charge in [0.2, 0.25) is 47.3 Å². The maximum absolute atomic E-state index is 14.4. The minimum atomic E-state index is -1.62. The smallest absolute Gasteiger partial charge is 0.303 e. The van der Waals surface area contributed by atoms with E-state index >= 15 is 0 Å². The van der Waals surface area contributed by atoms with Crippen LogP contribution in [0.5, 0.6) is 0 Å². The molecule has 1 unspecified atom stereocenters. The number of nitriles is 1. The van der Waals surface area contributed by atoms with Crippen molar-refractivity contribution in [2.45, 2.75) is 291 Å². The zero-order valence-electron chi connectivity index (χ0n) is 75.2. The minimum absolute atomic E-state index is 0.0165. The molecule has 0 aromatic heterocycles. The summed E-state index contributed by atoms with van der Waals surface area (Å²) in [6.45, 7) is 17.7. The van der Waals surface area contributed by atoms with Gasteiger partial charge in [0.25, 0.3) is 8.53 Å². The number of carbonyl (C=O) groups excluding carboxylic acids is 17. The molecule has 8 amide bonds. The maximum Gasteiger partial charge on any atom is 0.303 e. The number of hydrogen-bond donors (Lipinski definition) is 8. The molecule has 4 rings (SSSR count). The first-order valence-electron chi connectivity index (χ1n) is 42.1. The van der Waals surface area contributed by atoms with E-state index in [-0.39, 0.29) is 130 Å². The van der Waals surface area contributed by atoms with Crippen molar-refractivity contribution < 1.29 is 176 Å². The second-order valence-electron chi connectivity index (χ2n) is 30.4. The molecule has 0 radical (unpaired) electrons. The molecule has 128 heavy (non-hydrogen) atoms. The van der Waals surface area contributed by atoms with E-state index in [4.69, 9.17) is 94.3 Å². The summed E-state index contributed by atoms with van der Waals surface area (Å²) in [6.07, 6.45) is -16.7. The highest BCUT2D eigenvalue weighted by Crippen LogP contribution is 2.49. The molecule has 8 N–H and O–H groups in total. The van der Waals surface area contributed by atoms with Crippen LogP contribution in [0.25, 0.3) is 0 Å². The van der Waals surface area contributed by atoms with Crippen LogP contribution in [-0.4, -0.2) is 333 Å². The van der Waals surface area contributed by atoms with Gasteiger partial charge in [-0.05, 0) is 66.2 Å². The average Bonchev–Trinajstić information content (AvgIpc) is 0.794. The van der Waals surface area contributed by atoms with Crippen LogP contribution in [-0.2, 0) is 176 Å². The predicted molar refractivity (Wildman–Crippen MR) is 436 cm³/mol. The number of carbonyl (C=O) groups is 17. The van der Waals surface area contributed by atoms with Crippen molar-refractivity contribution in [3.8, 4) is 6.07 Å². The topological polar surface area (TPSA) is 598 Å². The summed E-state index contributed by atoms with van der Waals surface area (Å²) in [4.78, 5) is 218. The summed E-state index contributed by atoms with van der Waals surface area (Å²) in [5.41, 5.74) is 0. The van der Waals surface area contributed by atoms with Crippen LogP contribution >= 0.6 is 8.53 Å². The van der Waals surface area contributed by atoms with Gasteiger partial charge in [0.15, 0.2) is 55.5 Å². The van der Waals surface area contributed by atoms with Crippen molar-refractivity contribution in [3.05, 3.63) is 0 Å². The van der Waals surface area contributed by atoms with E-state index in [2.05, 4.69) is 53.3 Å². The van der Waals surface area contributed by atoms with Gasteiger partial charge in [-0.25, -0.2) is 4.67 Å². The molecular weight excluding hydrogens is 1720 g/mol. The van der Waals surface area contributed by atoms with Crippen LogP contribution < -0.4 is 42.5 Å². The van der Waals surface area contributed by atoms with E-state index < -0.39 is 246 Å². The molecule has 18 atom stereocenters. The molecule has 1 saturated carbocycles. The lowest BCUT2D eigenvalue weighted by molar-refractivity contribution is -0.279. The van der Waals surface area contributed by atoms with E-state index in [1.807, 2.05) is 27.7 Å². The van der Waals surface area contributed by atoms with Crippen molar-refractivity contribution in [2.24, 2.45) is 5.92 Å². The lowest BCUT2D eigenvalue weighted by Gasteiger charge is -2.44. The highest BCUT2D eigenvalue weighted by Gasteiger charge is 2.55. The SMILES string of the molecule is CC(=O)N[C@H]1[C@H](OCCOCCNC(=O)CC[C@H](NC(=O)CC[C@H](NC(=O)C2CCC(OP(OCCC#N)N(C(C)C)C(C)C)CC2)C(=O)NCCOCCO[C@@H]2O[C@H](COC(C)=O)[C@H](OC(C)=O)[C@H](OC(C)=O)[C@H]2NC(C)=O)C(=O)NCCOCCO[C@@H]2O[C@H](COC(C)=O)[C@H](OC(C)=O)[C@H](OC(C)=O)[C@H]2NC(C)=O)O[C@H](COC(C)=O)[C@H](OC(C)=O)[C@@H]1OC(C)=O. The fraction of sp³-hybridized carbons (Fsp3) is 0.775. The maximum atomic E-state index is 14.4. The molecule has 1 aliphatic carbocycles. The highest BCUT2D eigenvalue weighted by molar-refractivity contribution is 7.44. The number of nitrogens with zero attached hydrogens (tertiary/aromatic N) is 2. The first kappa shape index (κ1) is 111. The molecule has 48 heteroatoms. The van der Waals surface area contributed by atoms with Gasteiger partial charge in [-0.2, -0.15) is 5.26 Å². The van der Waals surface area contributed by atoms with Crippen molar-refractivity contribution in [1.29, 1.82) is 5.26 Å². The number of hydrogen-bond acceptors (Lipinski definition) is 39. The molecule has 0 aromatic rings. The Balaban J connectivity index is 1.55. The van der Waals surface area contributed by atoms with E-state index in [1.54, 1.807) is 0 Å². The quantitative estimate of drug-likeness (QED) is 0.0153. The fourth-order valence-electron chi connectivity index (χ4n) is 13.9. The van der Waals surface area contributed by atoms with Crippen molar-refractivity contribution >= 4 is 110 Å². The van der Waals surface area contributed by atoms with E-state index in [0.717, 1.165) is 69.2 Å². The highest BCUT2D eigenvalue weighted by atomic mass is 31.2. The Labute approximate surface area is 743 Å². The van der Waals surface area contributed by atoms with E-state index in [1.165, 1.54) is 13.8 Å². The van der Waals surface area contributed by atoms with Gasteiger partial charge >= 0.3 is 53.7 Å². The first-order chi connectivity index (χ1) is 60.6. The third-order valence-corrected chi connectivity index (χ3v) is 21.1. The van der Waals surface area contributed by atoms with Gasteiger partial charge < -0.3 is 137 Å². The molecule has 3 aliphatic heterocycles. The Kier molecular flexibility index (Phi) is 50.9. The zero-order valence-corrected chi connectivity index (χ0v) is 76.1. The van der Waals surface area contributed by atoms with Crippen LogP contribution in [0.4, 0.5) is 0 Å². The number of ether oxygens (including phenoxy) is 18. The number of esters is 9. The standard InChI is InChI=1S/C80H127N10O37P/c1-43(2)90(44(3)4)128(117-30-17-26-81)127-58-20-18-57(19-21-58)75(105)89-60(77(107)84-29-33-110-36-39-113-80-68(87-47(7)93)74(123-56(16)102)71(120-53(13)99)63(126-80)42-116-50(10)96)23-25-65(104)88-59(76(106)83-28-32-109-35-38-112-79-67(86-46(6)92)73(122-55(15)101)70(119-52(12)98)62(125-79)41-115-49(9)95)22-24-64(103)82-27-31-108-34-37-111-78-66(85-45(5)91)72(121-54(14)100)69(118-51(11)97)61(124-78)40-114-48(8)94/h43-44,57-63,66-74,78-80H,17-25,27-42H2,1-16H3,(H,82,103)(H,83,106)(H,84,107)(H,85,91)(H,86,92)(H,87,93)(H,88,104)(H,89,105)/t57?,58?,59-,60-,61+,62+,63+,66+,67+,68+,69-,70-,71-,72+,73+,74+,78+,79+,80+,128?/m0/s1. The Hall–Kier alpha value is -9.57. The summed E-state index contributed by atoms with van der Waals surface area (Å²) < 4.78 is 116. The largest absolute Gasteiger partial charge is 0.463 e. The monoisotopic (exact) mass is 1850 g/mol. The summed E-state index contributed by atoms with van der Waals surface area (Å²) in [7, 11) is -1.62. The van der Waals surface area contributed by atoms with Gasteiger partial charge in [-0.1, -0.05) is 0 Å². The Bertz CT molecular complexity index is 3680. The van der Waals surface area contributed by atoms with E-state index in [0.29, 0.717) is 25.7 Å². The summed E-state index contributed by atoms with van der Waals surface area (Å²) >= 11 is 0. The second kappa shape index (κ2) is 58.9. The summed E-state index contributed by atoms with van der Waals surface area (Å²) in [6, 6.07) is -4.57. The molecule has 4 fully saturated rings. The summed E-state index contributed by atoms with van der Waals surface area (Å²) in [5, 5.41) is 30.5. The molecule has 0 bridgehead atoms. The molecule has 0 aromatic carbocycles. The number of nitrogens with one attached hydrogen (secondary N) is 8. The third kappa shape index (κ3) is 41.9. The Morgan fingerprint density at radius 2 is 0.727 bits per heavy atom. The summed E-state index contributed by atoms with van der Waals surface area (Å²) in [5.74, 6) is -13.1. The first-order valence-corrected chi connectivity index (χ1v) is 43.2. The molecule has 3 saturated heterocycles. The molecule has 4 aliphatic rings. The van der Waals surface area contributed by atoms with Crippen LogP contribution in [0.15, 0.2) is 0 Å². The second-order valence-corrected chi connectivity index (χ2v) is 31.8. The molecular formula is C80H127N10O37P. The molecule has 47 nitrogen and oxygen atoms in total.